The summed E-state index contributed by atoms with van der Waals surface area (Å²) in [7, 11) is 3.45. The summed E-state index contributed by atoms with van der Waals surface area (Å²) >= 11 is 0. The third-order valence-corrected chi connectivity index (χ3v) is 10.5. The molecule has 1 aromatic heterocycles. The molecule has 11 nitrogen and oxygen atoms in total. The summed E-state index contributed by atoms with van der Waals surface area (Å²) in [5, 5.41) is 6.58. The number of methoxy groups -OCH3 is 1. The van der Waals surface area contributed by atoms with E-state index < -0.39 is 0 Å². The Morgan fingerprint density at radius 2 is 1.80 bits per heavy atom. The molecule has 2 aliphatic heterocycles. The highest BCUT2D eigenvalue weighted by atomic mass is 16.5. The van der Waals surface area contributed by atoms with Gasteiger partial charge in [0.1, 0.15) is 11.4 Å². The molecule has 0 bridgehead atoms. The molecule has 7 rings (SSSR count). The van der Waals surface area contributed by atoms with Crippen molar-refractivity contribution in [2.75, 3.05) is 62.1 Å². The number of carbonyl (C=O) groups is 2. The van der Waals surface area contributed by atoms with Crippen LogP contribution < -0.4 is 25.2 Å². The Balaban J connectivity index is 1.05. The first kappa shape index (κ1) is 29.3. The largest absolute Gasteiger partial charge is 0.495 e. The van der Waals surface area contributed by atoms with E-state index in [0.29, 0.717) is 41.6 Å². The lowest BCUT2D eigenvalue weighted by Crippen LogP contribution is -2.47. The maximum atomic E-state index is 13.4. The zero-order valence-electron chi connectivity index (χ0n) is 26.0. The van der Waals surface area contributed by atoms with Crippen LogP contribution in [0.25, 0.3) is 0 Å². The summed E-state index contributed by atoms with van der Waals surface area (Å²) in [6.07, 6.45) is 12.4. The molecule has 3 heterocycles. The van der Waals surface area contributed by atoms with Crippen molar-refractivity contribution in [1.29, 1.82) is 0 Å². The Labute approximate surface area is 259 Å². The van der Waals surface area contributed by atoms with Crippen molar-refractivity contribution in [3.05, 3.63) is 30.0 Å². The molecule has 3 aliphatic carbocycles. The maximum Gasteiger partial charge on any atom is 0.251 e. The van der Waals surface area contributed by atoms with Crippen molar-refractivity contribution < 1.29 is 19.1 Å². The summed E-state index contributed by atoms with van der Waals surface area (Å²) in [6, 6.07) is 6.59. The standard InChI is InChI=1S/C33H45N7O4/c1-38-27-20-34-32(37-29(27)40(25-5-3-4-6-25)21-33(13-14-33)31(38)42)36-26-12-7-22(19-28(26)43-2)30(41)35-23-8-10-24(11-9-23)39-15-17-44-18-16-39/h7,12,19-20,23-25H,3-6,8-11,13-18,21H2,1-2H3,(H,35,41)(H,34,36,37)/t23-,24+. The minimum absolute atomic E-state index is 0.0835. The second kappa shape index (κ2) is 12.2. The Kier molecular flexibility index (Phi) is 8.09. The van der Waals surface area contributed by atoms with Gasteiger partial charge in [0.25, 0.3) is 5.91 Å². The van der Waals surface area contributed by atoms with Gasteiger partial charge in [-0.25, -0.2) is 4.98 Å². The van der Waals surface area contributed by atoms with Crippen LogP contribution >= 0.6 is 0 Å². The van der Waals surface area contributed by atoms with E-state index in [1.807, 2.05) is 19.2 Å². The lowest BCUT2D eigenvalue weighted by Gasteiger charge is -2.38. The summed E-state index contributed by atoms with van der Waals surface area (Å²) in [6.45, 7) is 4.37. The van der Waals surface area contributed by atoms with Gasteiger partial charge in [-0.1, -0.05) is 12.8 Å². The maximum absolute atomic E-state index is 13.4. The predicted molar refractivity (Wildman–Crippen MR) is 169 cm³/mol. The van der Waals surface area contributed by atoms with E-state index in [1.165, 1.54) is 12.8 Å². The number of nitrogens with zero attached hydrogens (tertiary/aromatic N) is 5. The van der Waals surface area contributed by atoms with Crippen LogP contribution in [-0.2, 0) is 9.53 Å². The average molecular weight is 604 g/mol. The SMILES string of the molecule is COc1cc(C(=O)N[C@H]2CC[C@@H](N3CCOCC3)CC2)ccc1Nc1ncc2c(n1)N(C1CCCC1)CC1(CC1)C(=O)N2C. The molecule has 1 spiro atoms. The molecule has 1 saturated heterocycles. The molecular formula is C33H45N7O4. The monoisotopic (exact) mass is 603 g/mol. The second-order valence-corrected chi connectivity index (χ2v) is 13.3. The number of hydrogen-bond acceptors (Lipinski definition) is 9. The second-order valence-electron chi connectivity index (χ2n) is 13.3. The summed E-state index contributed by atoms with van der Waals surface area (Å²) in [5.41, 5.74) is 1.70. The van der Waals surface area contributed by atoms with E-state index in [2.05, 4.69) is 25.4 Å². The summed E-state index contributed by atoms with van der Waals surface area (Å²) in [5.74, 6) is 1.88. The number of benzene rings is 1. The van der Waals surface area contributed by atoms with Gasteiger partial charge in [-0.15, -0.1) is 0 Å². The van der Waals surface area contributed by atoms with Gasteiger partial charge in [0.2, 0.25) is 11.9 Å². The van der Waals surface area contributed by atoms with Crippen molar-refractivity contribution in [3.8, 4) is 5.75 Å². The van der Waals surface area contributed by atoms with Crippen LogP contribution in [0.2, 0.25) is 0 Å². The molecule has 2 aromatic rings. The van der Waals surface area contributed by atoms with Crippen molar-refractivity contribution in [2.45, 2.75) is 82.3 Å². The van der Waals surface area contributed by atoms with Crippen molar-refractivity contribution >= 4 is 35.0 Å². The molecule has 0 atom stereocenters. The number of rotatable bonds is 7. The number of ether oxygens (including phenoxy) is 2. The zero-order valence-corrected chi connectivity index (χ0v) is 26.0. The van der Waals surface area contributed by atoms with Crippen molar-refractivity contribution in [3.63, 3.8) is 0 Å². The Bertz CT molecular complexity index is 1380. The molecule has 2 amide bonds. The fourth-order valence-corrected chi connectivity index (χ4v) is 7.70. The van der Waals surface area contributed by atoms with E-state index in [4.69, 9.17) is 14.5 Å². The first-order chi connectivity index (χ1) is 21.4. The first-order valence-electron chi connectivity index (χ1n) is 16.4. The lowest BCUT2D eigenvalue weighted by atomic mass is 9.89. The number of hydrogen-bond donors (Lipinski definition) is 2. The Morgan fingerprint density at radius 3 is 2.50 bits per heavy atom. The van der Waals surface area contributed by atoms with E-state index in [1.54, 1.807) is 24.3 Å². The molecule has 2 N–H and O–H groups in total. The molecular weight excluding hydrogens is 558 g/mol. The van der Waals surface area contributed by atoms with Crippen LogP contribution in [0, 0.1) is 5.41 Å². The van der Waals surface area contributed by atoms with Gasteiger partial charge in [0.15, 0.2) is 5.82 Å². The number of amides is 2. The molecule has 3 saturated carbocycles. The quantitative estimate of drug-likeness (QED) is 0.483. The summed E-state index contributed by atoms with van der Waals surface area (Å²) < 4.78 is 11.2. The fraction of sp³-hybridized carbons (Fsp3) is 0.636. The smallest absolute Gasteiger partial charge is 0.251 e. The zero-order chi connectivity index (χ0) is 30.3. The van der Waals surface area contributed by atoms with Gasteiger partial charge in [-0.3, -0.25) is 14.5 Å². The highest BCUT2D eigenvalue weighted by Crippen LogP contribution is 2.52. The van der Waals surface area contributed by atoms with Gasteiger partial charge in [0.05, 0.1) is 37.6 Å². The number of nitrogens with one attached hydrogen (secondary N) is 2. The van der Waals surface area contributed by atoms with Crippen LogP contribution in [0.4, 0.5) is 23.1 Å². The van der Waals surface area contributed by atoms with E-state index in [0.717, 1.165) is 89.2 Å². The van der Waals surface area contributed by atoms with Crippen LogP contribution in [0.15, 0.2) is 24.4 Å². The Hall–Kier alpha value is -3.44. The van der Waals surface area contributed by atoms with Gasteiger partial charge >= 0.3 is 0 Å². The Morgan fingerprint density at radius 1 is 1.05 bits per heavy atom. The van der Waals surface area contributed by atoms with Crippen molar-refractivity contribution in [1.82, 2.24) is 20.2 Å². The minimum Gasteiger partial charge on any atom is -0.495 e. The van der Waals surface area contributed by atoms with Crippen molar-refractivity contribution in [2.24, 2.45) is 5.41 Å². The van der Waals surface area contributed by atoms with Crippen LogP contribution in [0.5, 0.6) is 5.75 Å². The highest BCUT2D eigenvalue weighted by molar-refractivity contribution is 6.03. The van der Waals surface area contributed by atoms with Gasteiger partial charge < -0.3 is 29.9 Å². The van der Waals surface area contributed by atoms with Crippen LogP contribution in [0.3, 0.4) is 0 Å². The van der Waals surface area contributed by atoms with E-state index in [-0.39, 0.29) is 23.3 Å². The normalized spacial score (nSPS) is 25.5. The van der Waals surface area contributed by atoms with E-state index in [9.17, 15) is 9.59 Å². The van der Waals surface area contributed by atoms with E-state index >= 15 is 0 Å². The number of aromatic nitrogens is 2. The van der Waals surface area contributed by atoms with Gasteiger partial charge in [0, 0.05) is 50.4 Å². The highest BCUT2D eigenvalue weighted by Gasteiger charge is 2.55. The van der Waals surface area contributed by atoms with Gasteiger partial charge in [-0.05, 0) is 69.6 Å². The molecule has 0 unspecified atom stereocenters. The third-order valence-electron chi connectivity index (χ3n) is 10.5. The molecule has 4 fully saturated rings. The molecule has 236 valence electrons. The summed E-state index contributed by atoms with van der Waals surface area (Å²) in [4.78, 5) is 42.9. The topological polar surface area (TPSA) is 112 Å². The third kappa shape index (κ3) is 5.72. The average Bonchev–Trinajstić information content (AvgIpc) is 3.67. The predicted octanol–water partition coefficient (Wildman–Crippen LogP) is 4.11. The number of anilines is 4. The molecule has 44 heavy (non-hydrogen) atoms. The molecule has 0 radical (unpaired) electrons. The number of carbonyl (C=O) groups excluding carboxylic acids is 2. The number of fused-ring (bicyclic) bond motifs is 1. The molecule has 11 heteroatoms. The molecule has 5 aliphatic rings. The number of morpholine rings is 1. The lowest BCUT2D eigenvalue weighted by molar-refractivity contribution is -0.122. The van der Waals surface area contributed by atoms with Crippen LogP contribution in [0.1, 0.15) is 74.6 Å². The fourth-order valence-electron chi connectivity index (χ4n) is 7.70. The first-order valence-corrected chi connectivity index (χ1v) is 16.4. The van der Waals surface area contributed by atoms with Gasteiger partial charge in [-0.2, -0.15) is 4.98 Å². The molecule has 1 aromatic carbocycles. The minimum atomic E-state index is -0.298. The van der Waals surface area contributed by atoms with Crippen LogP contribution in [-0.4, -0.2) is 91.8 Å².